The smallest absolute Gasteiger partial charge is 0.308 e. The molecule has 1 aliphatic heterocycles. The van der Waals surface area contributed by atoms with Crippen molar-refractivity contribution in [3.8, 4) is 11.8 Å². The second-order valence-corrected chi connectivity index (χ2v) is 8.83. The summed E-state index contributed by atoms with van der Waals surface area (Å²) in [5.74, 6) is 6.02. The summed E-state index contributed by atoms with van der Waals surface area (Å²) in [6.45, 7) is 2.10. The number of hydrogen-bond acceptors (Lipinski definition) is 10. The third kappa shape index (κ3) is 5.07. The van der Waals surface area contributed by atoms with Gasteiger partial charge in [0.25, 0.3) is 5.91 Å². The van der Waals surface area contributed by atoms with Crippen molar-refractivity contribution in [2.45, 2.75) is 63.6 Å². The molecule has 2 aliphatic rings. The standard InChI is InChI=1S/C23H30N6O6/c1-3-25-21(32)18-16(30)17(31)22(35-18)29-11-26-15-19(24)27-14(28-20(15)29)6-4-5-12-7-9-13(10-8-12)23(33)34-2/h11-13,16-18,22,30-31H,3,5,7-10H2,1-2H3,(H,25,32)(H2,24,27,28)/t12-,13-,16-,17+,18-,22+/m0/s1. The van der Waals surface area contributed by atoms with E-state index in [1.807, 2.05) is 0 Å². The molecule has 35 heavy (non-hydrogen) atoms. The predicted octanol–water partition coefficient (Wildman–Crippen LogP) is -0.115. The maximum absolute atomic E-state index is 12.2. The number of esters is 1. The molecule has 4 atom stereocenters. The molecular formula is C23H30N6O6. The van der Waals surface area contributed by atoms with Crippen molar-refractivity contribution in [3.63, 3.8) is 0 Å². The number of ether oxygens (including phenoxy) is 2. The number of hydrogen-bond donors (Lipinski definition) is 4. The van der Waals surface area contributed by atoms with E-state index >= 15 is 0 Å². The molecule has 12 nitrogen and oxygen atoms in total. The van der Waals surface area contributed by atoms with Crippen LogP contribution in [0.1, 0.15) is 51.1 Å². The van der Waals surface area contributed by atoms with Gasteiger partial charge in [0.05, 0.1) is 19.4 Å². The minimum Gasteiger partial charge on any atom is -0.469 e. The summed E-state index contributed by atoms with van der Waals surface area (Å²) in [6.07, 6.45) is 0.253. The Bertz CT molecular complexity index is 1150. The van der Waals surface area contributed by atoms with Gasteiger partial charge in [-0.05, 0) is 44.4 Å². The number of carbonyl (C=O) groups is 2. The van der Waals surface area contributed by atoms with Crippen LogP contribution in [0.2, 0.25) is 0 Å². The Labute approximate surface area is 202 Å². The van der Waals surface area contributed by atoms with Gasteiger partial charge in [-0.3, -0.25) is 14.2 Å². The summed E-state index contributed by atoms with van der Waals surface area (Å²) in [4.78, 5) is 36.7. The molecule has 2 aromatic rings. The number of nitrogens with one attached hydrogen (secondary N) is 1. The van der Waals surface area contributed by atoms with E-state index in [2.05, 4.69) is 32.1 Å². The van der Waals surface area contributed by atoms with E-state index in [-0.39, 0.29) is 29.2 Å². The van der Waals surface area contributed by atoms with Gasteiger partial charge in [0.2, 0.25) is 5.82 Å². The van der Waals surface area contributed by atoms with Gasteiger partial charge in [0, 0.05) is 13.0 Å². The Morgan fingerprint density at radius 3 is 2.69 bits per heavy atom. The Morgan fingerprint density at radius 2 is 2.00 bits per heavy atom. The number of nitrogens with zero attached hydrogens (tertiary/aromatic N) is 4. The molecule has 1 saturated carbocycles. The number of nitrogens with two attached hydrogens (primary N) is 1. The summed E-state index contributed by atoms with van der Waals surface area (Å²) in [6, 6.07) is 0. The lowest BCUT2D eigenvalue weighted by molar-refractivity contribution is -0.146. The molecule has 0 aromatic carbocycles. The van der Waals surface area contributed by atoms with Gasteiger partial charge >= 0.3 is 5.97 Å². The number of aromatic nitrogens is 4. The fourth-order valence-corrected chi connectivity index (χ4v) is 4.60. The van der Waals surface area contributed by atoms with Crippen LogP contribution in [0.4, 0.5) is 5.82 Å². The number of carbonyl (C=O) groups excluding carboxylic acids is 2. The van der Waals surface area contributed by atoms with Crippen LogP contribution in [0.15, 0.2) is 6.33 Å². The molecule has 4 rings (SSSR count). The molecule has 1 aliphatic carbocycles. The number of aliphatic hydroxyl groups excluding tert-OH is 2. The summed E-state index contributed by atoms with van der Waals surface area (Å²) >= 11 is 0. The Morgan fingerprint density at radius 1 is 1.26 bits per heavy atom. The second kappa shape index (κ2) is 10.6. The highest BCUT2D eigenvalue weighted by Gasteiger charge is 2.47. The average Bonchev–Trinajstić information content (AvgIpc) is 3.40. The van der Waals surface area contributed by atoms with Crippen LogP contribution >= 0.6 is 0 Å². The van der Waals surface area contributed by atoms with Crippen molar-refractivity contribution in [2.75, 3.05) is 19.4 Å². The molecule has 0 unspecified atom stereocenters. The fraction of sp³-hybridized carbons (Fsp3) is 0.609. The highest BCUT2D eigenvalue weighted by atomic mass is 16.6. The van der Waals surface area contributed by atoms with Crippen LogP contribution < -0.4 is 11.1 Å². The van der Waals surface area contributed by atoms with Crippen molar-refractivity contribution in [3.05, 3.63) is 12.2 Å². The molecule has 0 radical (unpaired) electrons. The van der Waals surface area contributed by atoms with Gasteiger partial charge < -0.3 is 30.7 Å². The highest BCUT2D eigenvalue weighted by molar-refractivity contribution is 5.83. The number of rotatable bonds is 5. The second-order valence-electron chi connectivity index (χ2n) is 8.83. The molecule has 188 valence electrons. The number of imidazole rings is 1. The van der Waals surface area contributed by atoms with Crippen molar-refractivity contribution >= 4 is 28.9 Å². The predicted molar refractivity (Wildman–Crippen MR) is 123 cm³/mol. The van der Waals surface area contributed by atoms with Gasteiger partial charge in [-0.2, -0.15) is 0 Å². The summed E-state index contributed by atoms with van der Waals surface area (Å²) in [5, 5.41) is 23.4. The number of amides is 1. The molecule has 1 saturated heterocycles. The van der Waals surface area contributed by atoms with E-state index in [1.54, 1.807) is 6.92 Å². The quantitative estimate of drug-likeness (QED) is 0.329. The lowest BCUT2D eigenvalue weighted by atomic mass is 9.81. The maximum Gasteiger partial charge on any atom is 0.308 e. The number of aliphatic hydroxyl groups is 2. The normalized spacial score (nSPS) is 28.3. The van der Waals surface area contributed by atoms with Gasteiger partial charge in [0.15, 0.2) is 23.8 Å². The molecule has 0 bridgehead atoms. The minimum atomic E-state index is -1.42. The van der Waals surface area contributed by atoms with Crippen LogP contribution in [-0.2, 0) is 19.1 Å². The lowest BCUT2D eigenvalue weighted by Gasteiger charge is -2.25. The minimum absolute atomic E-state index is 0.0330. The van der Waals surface area contributed by atoms with Gasteiger partial charge in [0.1, 0.15) is 17.7 Å². The largest absolute Gasteiger partial charge is 0.469 e. The number of nitrogen functional groups attached to an aromatic ring is 1. The van der Waals surface area contributed by atoms with E-state index in [9.17, 15) is 19.8 Å². The summed E-state index contributed by atoms with van der Waals surface area (Å²) in [7, 11) is 1.41. The Hall–Kier alpha value is -3.27. The Balaban J connectivity index is 1.49. The zero-order valence-electron chi connectivity index (χ0n) is 19.7. The van der Waals surface area contributed by atoms with Gasteiger partial charge in [-0.1, -0.05) is 5.92 Å². The van der Waals surface area contributed by atoms with Crippen molar-refractivity contribution < 1.29 is 29.3 Å². The lowest BCUT2D eigenvalue weighted by Crippen LogP contribution is -2.42. The van der Waals surface area contributed by atoms with E-state index in [0.29, 0.717) is 24.4 Å². The maximum atomic E-state index is 12.2. The van der Waals surface area contributed by atoms with E-state index in [0.717, 1.165) is 25.7 Å². The molecule has 5 N–H and O–H groups in total. The van der Waals surface area contributed by atoms with Crippen molar-refractivity contribution in [1.29, 1.82) is 0 Å². The zero-order chi connectivity index (χ0) is 25.1. The molecule has 2 aromatic heterocycles. The third-order valence-electron chi connectivity index (χ3n) is 6.54. The SMILES string of the molecule is CCNC(=O)[C@H]1O[C@@H](n2cnc3c(N)nc(C#CC[C@H]4CC[C@H](C(=O)OC)CC4)nc32)[C@H](O)[C@@H]1O. The third-order valence-corrected chi connectivity index (χ3v) is 6.54. The first-order valence-electron chi connectivity index (χ1n) is 11.7. The van der Waals surface area contributed by atoms with Crippen LogP contribution in [0.5, 0.6) is 0 Å². The van der Waals surface area contributed by atoms with Crippen molar-refractivity contribution in [1.82, 2.24) is 24.8 Å². The topological polar surface area (TPSA) is 175 Å². The Kier molecular flexibility index (Phi) is 7.49. The number of likely N-dealkylation sites (N-methyl/N-ethyl adjacent to an activating group) is 1. The van der Waals surface area contributed by atoms with Crippen molar-refractivity contribution in [2.24, 2.45) is 11.8 Å². The molecular weight excluding hydrogens is 456 g/mol. The monoisotopic (exact) mass is 486 g/mol. The number of anilines is 1. The summed E-state index contributed by atoms with van der Waals surface area (Å²) in [5.41, 5.74) is 6.63. The van der Waals surface area contributed by atoms with Crippen LogP contribution in [0.25, 0.3) is 11.2 Å². The zero-order valence-corrected chi connectivity index (χ0v) is 19.7. The first-order valence-corrected chi connectivity index (χ1v) is 11.7. The number of fused-ring (bicyclic) bond motifs is 1. The molecule has 3 heterocycles. The van der Waals surface area contributed by atoms with Gasteiger partial charge in [-0.25, -0.2) is 15.0 Å². The number of methoxy groups -OCH3 is 1. The van der Waals surface area contributed by atoms with Gasteiger partial charge in [-0.15, -0.1) is 0 Å². The van der Waals surface area contributed by atoms with Crippen LogP contribution in [0.3, 0.4) is 0 Å². The molecule has 0 spiro atoms. The molecule has 2 fully saturated rings. The fourth-order valence-electron chi connectivity index (χ4n) is 4.60. The van der Waals surface area contributed by atoms with Crippen LogP contribution in [0, 0.1) is 23.7 Å². The highest BCUT2D eigenvalue weighted by Crippen LogP contribution is 2.33. The molecule has 1 amide bonds. The average molecular weight is 487 g/mol. The van der Waals surface area contributed by atoms with Crippen LogP contribution in [-0.4, -0.2) is 73.6 Å². The first-order chi connectivity index (χ1) is 16.8. The van der Waals surface area contributed by atoms with E-state index in [1.165, 1.54) is 18.0 Å². The van der Waals surface area contributed by atoms with E-state index < -0.39 is 30.4 Å². The first kappa shape index (κ1) is 24.8. The molecule has 12 heteroatoms. The van der Waals surface area contributed by atoms with E-state index in [4.69, 9.17) is 15.2 Å². The summed E-state index contributed by atoms with van der Waals surface area (Å²) < 4.78 is 11.9.